The minimum Gasteiger partial charge on any atom is -0.480 e. The molecule has 1 rings (SSSR count). The van der Waals surface area contributed by atoms with Crippen molar-refractivity contribution in [2.75, 3.05) is 21.3 Å². The van der Waals surface area contributed by atoms with E-state index in [-0.39, 0.29) is 6.04 Å². The molecule has 0 saturated carbocycles. The van der Waals surface area contributed by atoms with E-state index >= 15 is 0 Å². The molecule has 0 aliphatic rings. The Bertz CT molecular complexity index is 444. The van der Waals surface area contributed by atoms with Gasteiger partial charge in [0.2, 0.25) is 11.8 Å². The third-order valence-corrected chi connectivity index (χ3v) is 3.42. The molecule has 0 spiro atoms. The first-order valence-electron chi connectivity index (χ1n) is 7.43. The van der Waals surface area contributed by atoms with Gasteiger partial charge < -0.3 is 14.8 Å². The molecule has 120 valence electrons. The van der Waals surface area contributed by atoms with Crippen molar-refractivity contribution in [2.45, 2.75) is 46.6 Å². The number of nitrogens with zero attached hydrogens (tertiary/aromatic N) is 2. The lowest BCUT2D eigenvalue weighted by molar-refractivity contribution is 0.273. The standard InChI is InChI=1S/C16H29N3O2/c1-11(9-16(2,3)4)8-12(17-5)14-15(21-7)19-13(20-6)10-18-14/h10-12,17H,8-9H2,1-7H3. The predicted octanol–water partition coefficient (Wildman–Crippen LogP) is 3.22. The van der Waals surface area contributed by atoms with Crippen molar-refractivity contribution < 1.29 is 9.47 Å². The largest absolute Gasteiger partial charge is 0.480 e. The van der Waals surface area contributed by atoms with Crippen LogP contribution in [0.4, 0.5) is 0 Å². The van der Waals surface area contributed by atoms with E-state index in [9.17, 15) is 0 Å². The summed E-state index contributed by atoms with van der Waals surface area (Å²) in [6.45, 7) is 9.09. The predicted molar refractivity (Wildman–Crippen MR) is 84.8 cm³/mol. The molecule has 21 heavy (non-hydrogen) atoms. The van der Waals surface area contributed by atoms with Gasteiger partial charge >= 0.3 is 0 Å². The van der Waals surface area contributed by atoms with Crippen LogP contribution in [0.1, 0.15) is 52.3 Å². The molecule has 2 unspecified atom stereocenters. The number of nitrogens with one attached hydrogen (secondary N) is 1. The van der Waals surface area contributed by atoms with Crippen LogP contribution in [0.2, 0.25) is 0 Å². The van der Waals surface area contributed by atoms with E-state index in [4.69, 9.17) is 9.47 Å². The van der Waals surface area contributed by atoms with Gasteiger partial charge in [0.15, 0.2) is 0 Å². The number of ether oxygens (including phenoxy) is 2. The van der Waals surface area contributed by atoms with Crippen molar-refractivity contribution in [3.05, 3.63) is 11.9 Å². The van der Waals surface area contributed by atoms with E-state index < -0.39 is 0 Å². The maximum Gasteiger partial charge on any atom is 0.240 e. The van der Waals surface area contributed by atoms with Crippen LogP contribution in [0.5, 0.6) is 11.8 Å². The first-order chi connectivity index (χ1) is 9.80. The summed E-state index contributed by atoms with van der Waals surface area (Å²) in [4.78, 5) is 8.78. The molecular formula is C16H29N3O2. The molecule has 1 N–H and O–H groups in total. The average molecular weight is 295 g/mol. The summed E-state index contributed by atoms with van der Waals surface area (Å²) in [6, 6.07) is 0.121. The van der Waals surface area contributed by atoms with E-state index in [1.54, 1.807) is 20.4 Å². The lowest BCUT2D eigenvalue weighted by atomic mass is 9.82. The van der Waals surface area contributed by atoms with Gasteiger partial charge in [-0.15, -0.1) is 0 Å². The van der Waals surface area contributed by atoms with E-state index in [2.05, 4.69) is 43.0 Å². The Kier molecular flexibility index (Phi) is 6.40. The molecule has 0 bridgehead atoms. The van der Waals surface area contributed by atoms with Gasteiger partial charge in [-0.3, -0.25) is 0 Å². The van der Waals surface area contributed by atoms with Crippen LogP contribution in [0.25, 0.3) is 0 Å². The SMILES string of the molecule is CNC(CC(C)CC(C)(C)C)c1ncc(OC)nc1OC. The highest BCUT2D eigenvalue weighted by Crippen LogP contribution is 2.32. The maximum atomic E-state index is 5.36. The normalized spacial score (nSPS) is 14.6. The molecule has 1 heterocycles. The van der Waals surface area contributed by atoms with Gasteiger partial charge in [-0.2, -0.15) is 4.98 Å². The van der Waals surface area contributed by atoms with Gasteiger partial charge in [0, 0.05) is 0 Å². The molecular weight excluding hydrogens is 266 g/mol. The minimum absolute atomic E-state index is 0.121. The minimum atomic E-state index is 0.121. The van der Waals surface area contributed by atoms with Crippen LogP contribution in [-0.2, 0) is 0 Å². The fourth-order valence-electron chi connectivity index (χ4n) is 2.75. The van der Waals surface area contributed by atoms with Crippen molar-refractivity contribution in [3.8, 4) is 11.8 Å². The molecule has 0 aliphatic heterocycles. The summed E-state index contributed by atoms with van der Waals surface area (Å²) < 4.78 is 10.5. The topological polar surface area (TPSA) is 56.3 Å². The molecule has 0 radical (unpaired) electrons. The third-order valence-electron chi connectivity index (χ3n) is 3.42. The van der Waals surface area contributed by atoms with E-state index in [1.807, 2.05) is 7.05 Å². The zero-order valence-electron chi connectivity index (χ0n) is 14.4. The van der Waals surface area contributed by atoms with Crippen molar-refractivity contribution >= 4 is 0 Å². The Morgan fingerprint density at radius 1 is 1.24 bits per heavy atom. The smallest absolute Gasteiger partial charge is 0.240 e. The van der Waals surface area contributed by atoms with Crippen molar-refractivity contribution in [1.29, 1.82) is 0 Å². The first kappa shape index (κ1) is 17.7. The second-order valence-corrected chi connectivity index (χ2v) is 6.75. The molecule has 5 nitrogen and oxygen atoms in total. The lowest BCUT2D eigenvalue weighted by Crippen LogP contribution is -2.23. The quantitative estimate of drug-likeness (QED) is 0.837. The number of hydrogen-bond acceptors (Lipinski definition) is 5. The summed E-state index contributed by atoms with van der Waals surface area (Å²) in [5.74, 6) is 1.57. The highest BCUT2D eigenvalue weighted by atomic mass is 16.5. The summed E-state index contributed by atoms with van der Waals surface area (Å²) in [5, 5.41) is 3.32. The van der Waals surface area contributed by atoms with E-state index in [0.29, 0.717) is 23.1 Å². The Balaban J connectivity index is 2.89. The average Bonchev–Trinajstić information content (AvgIpc) is 2.42. The molecule has 0 amide bonds. The van der Waals surface area contributed by atoms with Gasteiger partial charge in [-0.25, -0.2) is 4.98 Å². The Hall–Kier alpha value is -1.36. The number of rotatable bonds is 7. The second-order valence-electron chi connectivity index (χ2n) is 6.75. The fourth-order valence-corrected chi connectivity index (χ4v) is 2.75. The van der Waals surface area contributed by atoms with Crippen LogP contribution < -0.4 is 14.8 Å². The summed E-state index contributed by atoms with van der Waals surface area (Å²) >= 11 is 0. The molecule has 0 saturated heterocycles. The third kappa shape index (κ3) is 5.50. The first-order valence-corrected chi connectivity index (χ1v) is 7.43. The Morgan fingerprint density at radius 2 is 1.90 bits per heavy atom. The van der Waals surface area contributed by atoms with Crippen LogP contribution in [-0.4, -0.2) is 31.2 Å². The van der Waals surface area contributed by atoms with Crippen LogP contribution in [0, 0.1) is 11.3 Å². The highest BCUT2D eigenvalue weighted by Gasteiger charge is 2.23. The van der Waals surface area contributed by atoms with Crippen LogP contribution in [0.15, 0.2) is 6.20 Å². The van der Waals surface area contributed by atoms with Gasteiger partial charge in [-0.1, -0.05) is 27.7 Å². The van der Waals surface area contributed by atoms with Crippen LogP contribution in [0.3, 0.4) is 0 Å². The number of aromatic nitrogens is 2. The van der Waals surface area contributed by atoms with Gasteiger partial charge in [0.05, 0.1) is 26.5 Å². The number of hydrogen-bond donors (Lipinski definition) is 1. The summed E-state index contributed by atoms with van der Waals surface area (Å²) in [6.07, 6.45) is 3.79. The summed E-state index contributed by atoms with van der Waals surface area (Å²) in [5.41, 5.74) is 1.16. The van der Waals surface area contributed by atoms with E-state index in [1.165, 1.54) is 0 Å². The Labute approximate surface area is 128 Å². The molecule has 5 heteroatoms. The number of methoxy groups -OCH3 is 2. The molecule has 1 aromatic heterocycles. The monoisotopic (exact) mass is 295 g/mol. The second kappa shape index (κ2) is 7.59. The molecule has 0 fully saturated rings. The molecule has 0 aliphatic carbocycles. The van der Waals surface area contributed by atoms with Crippen LogP contribution >= 0.6 is 0 Å². The lowest BCUT2D eigenvalue weighted by Gasteiger charge is -2.26. The van der Waals surface area contributed by atoms with Gasteiger partial charge in [-0.05, 0) is 31.2 Å². The molecule has 1 aromatic rings. The fraction of sp³-hybridized carbons (Fsp3) is 0.750. The van der Waals surface area contributed by atoms with Gasteiger partial charge in [0.1, 0.15) is 5.69 Å². The highest BCUT2D eigenvalue weighted by molar-refractivity contribution is 5.25. The zero-order chi connectivity index (χ0) is 16.0. The molecule has 2 atom stereocenters. The summed E-state index contributed by atoms with van der Waals surface area (Å²) in [7, 11) is 5.13. The van der Waals surface area contributed by atoms with Crippen molar-refractivity contribution in [1.82, 2.24) is 15.3 Å². The zero-order valence-corrected chi connectivity index (χ0v) is 14.4. The van der Waals surface area contributed by atoms with E-state index in [0.717, 1.165) is 18.5 Å². The van der Waals surface area contributed by atoms with Crippen molar-refractivity contribution in [2.24, 2.45) is 11.3 Å². The van der Waals surface area contributed by atoms with Crippen molar-refractivity contribution in [3.63, 3.8) is 0 Å². The molecule has 0 aromatic carbocycles. The van der Waals surface area contributed by atoms with Gasteiger partial charge in [0.25, 0.3) is 0 Å². The maximum absolute atomic E-state index is 5.36. The Morgan fingerprint density at radius 3 is 2.38 bits per heavy atom.